The minimum absolute atomic E-state index is 0.704. The molecule has 0 aliphatic rings. The van der Waals surface area contributed by atoms with Gasteiger partial charge in [0.15, 0.2) is 5.82 Å². The van der Waals surface area contributed by atoms with Crippen LogP contribution < -0.4 is 4.90 Å². The molecular formula is C50H31N3OS. The van der Waals surface area contributed by atoms with Crippen molar-refractivity contribution in [2.24, 2.45) is 0 Å². The Morgan fingerprint density at radius 3 is 1.76 bits per heavy atom. The van der Waals surface area contributed by atoms with Gasteiger partial charge in [-0.05, 0) is 77.2 Å². The third-order valence-electron chi connectivity index (χ3n) is 10.5. The van der Waals surface area contributed by atoms with E-state index in [1.54, 1.807) is 11.3 Å². The summed E-state index contributed by atoms with van der Waals surface area (Å²) in [5.74, 6) is 0.704. The van der Waals surface area contributed by atoms with Gasteiger partial charge in [0.1, 0.15) is 11.2 Å². The van der Waals surface area contributed by atoms with E-state index in [0.29, 0.717) is 5.82 Å². The standard InChI is InChI=1S/C50H31N3OS/c1-4-14-33(15-5-1)46-49-47(40-22-12-13-23-45(40)55-49)52-50(51-46)43-31-42-41-30-34(26-29-44(41)54-48(42)39-21-11-10-20-38(39)43)32-24-27-37(28-25-32)53(35-16-6-2-7-17-35)36-18-8-3-9-19-36/h1-31H. The Hall–Kier alpha value is -7.08. The summed E-state index contributed by atoms with van der Waals surface area (Å²) in [5, 5.41) is 5.35. The molecule has 0 amide bonds. The molecular weight excluding hydrogens is 691 g/mol. The maximum atomic E-state index is 6.66. The summed E-state index contributed by atoms with van der Waals surface area (Å²) in [6, 6.07) is 66.0. The van der Waals surface area contributed by atoms with E-state index in [2.05, 4.69) is 187 Å². The lowest BCUT2D eigenvalue weighted by Gasteiger charge is -2.25. The summed E-state index contributed by atoms with van der Waals surface area (Å²) >= 11 is 1.75. The fourth-order valence-electron chi connectivity index (χ4n) is 7.87. The molecule has 0 atom stereocenters. The number of anilines is 3. The molecule has 3 aromatic heterocycles. The molecule has 11 rings (SSSR count). The van der Waals surface area contributed by atoms with Crippen LogP contribution in [0.2, 0.25) is 0 Å². The van der Waals surface area contributed by atoms with Gasteiger partial charge in [-0.3, -0.25) is 0 Å². The van der Waals surface area contributed by atoms with E-state index < -0.39 is 0 Å². The van der Waals surface area contributed by atoms with E-state index in [1.807, 2.05) is 6.07 Å². The first-order valence-electron chi connectivity index (χ1n) is 18.4. The first-order chi connectivity index (χ1) is 27.3. The lowest BCUT2D eigenvalue weighted by Crippen LogP contribution is -2.09. The number of hydrogen-bond acceptors (Lipinski definition) is 5. The van der Waals surface area contributed by atoms with Crippen molar-refractivity contribution >= 4 is 81.4 Å². The van der Waals surface area contributed by atoms with Crippen molar-refractivity contribution in [3.05, 3.63) is 188 Å². The van der Waals surface area contributed by atoms with Gasteiger partial charge in [-0.25, -0.2) is 9.97 Å². The minimum atomic E-state index is 0.704. The van der Waals surface area contributed by atoms with Crippen molar-refractivity contribution in [3.8, 4) is 33.8 Å². The van der Waals surface area contributed by atoms with E-state index in [0.717, 1.165) is 93.3 Å². The number of aromatic nitrogens is 2. The largest absolute Gasteiger partial charge is 0.455 e. The number of nitrogens with zero attached hydrogens (tertiary/aromatic N) is 3. The summed E-state index contributed by atoms with van der Waals surface area (Å²) in [5.41, 5.74) is 11.3. The van der Waals surface area contributed by atoms with Crippen LogP contribution in [-0.4, -0.2) is 9.97 Å². The molecule has 0 N–H and O–H groups in total. The maximum Gasteiger partial charge on any atom is 0.161 e. The number of para-hydroxylation sites is 2. The second-order valence-electron chi connectivity index (χ2n) is 13.8. The zero-order valence-corrected chi connectivity index (χ0v) is 30.4. The van der Waals surface area contributed by atoms with Crippen molar-refractivity contribution in [3.63, 3.8) is 0 Å². The summed E-state index contributed by atoms with van der Waals surface area (Å²) in [4.78, 5) is 13.0. The molecule has 3 heterocycles. The highest BCUT2D eigenvalue weighted by Crippen LogP contribution is 2.44. The molecule has 0 bridgehead atoms. The number of fused-ring (bicyclic) bond motifs is 8. The van der Waals surface area contributed by atoms with Crippen LogP contribution in [0, 0.1) is 0 Å². The van der Waals surface area contributed by atoms with Gasteiger partial charge in [-0.15, -0.1) is 11.3 Å². The molecule has 0 saturated heterocycles. The van der Waals surface area contributed by atoms with Crippen LogP contribution in [0.3, 0.4) is 0 Å². The van der Waals surface area contributed by atoms with Crippen LogP contribution in [0.25, 0.3) is 86.8 Å². The average molecular weight is 722 g/mol. The fourth-order valence-corrected chi connectivity index (χ4v) is 9.02. The molecule has 0 spiro atoms. The predicted molar refractivity (Wildman–Crippen MR) is 231 cm³/mol. The number of benzene rings is 8. The molecule has 0 aliphatic carbocycles. The van der Waals surface area contributed by atoms with Crippen LogP contribution in [0.15, 0.2) is 192 Å². The van der Waals surface area contributed by atoms with Crippen molar-refractivity contribution in [2.45, 2.75) is 0 Å². The van der Waals surface area contributed by atoms with Crippen molar-refractivity contribution < 1.29 is 4.42 Å². The molecule has 0 unspecified atom stereocenters. The molecule has 5 heteroatoms. The SMILES string of the molecule is c1ccc(-c2nc(-c3cc4c5cc(-c6ccc(N(c7ccccc7)c7ccccc7)cc6)ccc5oc4c4ccccc34)nc3c2sc2ccccc23)cc1. The maximum absolute atomic E-state index is 6.66. The zero-order chi connectivity index (χ0) is 36.3. The van der Waals surface area contributed by atoms with Gasteiger partial charge in [0.2, 0.25) is 0 Å². The summed E-state index contributed by atoms with van der Waals surface area (Å²) in [6.45, 7) is 0. The fraction of sp³-hybridized carbons (Fsp3) is 0. The van der Waals surface area contributed by atoms with Crippen LogP contribution in [-0.2, 0) is 0 Å². The van der Waals surface area contributed by atoms with Gasteiger partial charge in [0.25, 0.3) is 0 Å². The van der Waals surface area contributed by atoms with Crippen molar-refractivity contribution in [2.75, 3.05) is 4.90 Å². The Bertz CT molecular complexity index is 3150. The van der Waals surface area contributed by atoms with Gasteiger partial charge in [0.05, 0.1) is 15.9 Å². The molecule has 55 heavy (non-hydrogen) atoms. The Labute approximate surface area is 321 Å². The quantitative estimate of drug-likeness (QED) is 0.171. The molecule has 4 nitrogen and oxygen atoms in total. The average Bonchev–Trinajstić information content (AvgIpc) is 3.83. The molecule has 0 saturated carbocycles. The second-order valence-corrected chi connectivity index (χ2v) is 14.8. The summed E-state index contributed by atoms with van der Waals surface area (Å²) in [6.07, 6.45) is 0. The molecule has 0 fully saturated rings. The monoisotopic (exact) mass is 721 g/mol. The molecule has 11 aromatic rings. The Morgan fingerprint density at radius 2 is 1.04 bits per heavy atom. The van der Waals surface area contributed by atoms with E-state index in [4.69, 9.17) is 14.4 Å². The van der Waals surface area contributed by atoms with E-state index in [1.165, 1.54) is 4.70 Å². The Kier molecular flexibility index (Phi) is 7.32. The van der Waals surface area contributed by atoms with E-state index in [-0.39, 0.29) is 0 Å². The normalized spacial score (nSPS) is 11.6. The third kappa shape index (κ3) is 5.28. The van der Waals surface area contributed by atoms with Gasteiger partial charge in [-0.1, -0.05) is 127 Å². The van der Waals surface area contributed by atoms with E-state index >= 15 is 0 Å². The lowest BCUT2D eigenvalue weighted by atomic mass is 9.98. The van der Waals surface area contributed by atoms with E-state index in [9.17, 15) is 0 Å². The number of hydrogen-bond donors (Lipinski definition) is 0. The third-order valence-corrected chi connectivity index (χ3v) is 11.6. The lowest BCUT2D eigenvalue weighted by molar-refractivity contribution is 0.673. The molecule has 258 valence electrons. The number of thiophene rings is 1. The van der Waals surface area contributed by atoms with Gasteiger partial charge in [-0.2, -0.15) is 0 Å². The van der Waals surface area contributed by atoms with Crippen molar-refractivity contribution in [1.29, 1.82) is 0 Å². The van der Waals surface area contributed by atoms with Gasteiger partial charge >= 0.3 is 0 Å². The molecule has 8 aromatic carbocycles. The molecule has 0 aliphatic heterocycles. The first-order valence-corrected chi connectivity index (χ1v) is 19.2. The minimum Gasteiger partial charge on any atom is -0.455 e. The highest BCUT2D eigenvalue weighted by molar-refractivity contribution is 7.26. The summed E-state index contributed by atoms with van der Waals surface area (Å²) in [7, 11) is 0. The molecule has 0 radical (unpaired) electrons. The second kappa shape index (κ2) is 12.8. The van der Waals surface area contributed by atoms with Crippen LogP contribution in [0.4, 0.5) is 17.1 Å². The predicted octanol–water partition coefficient (Wildman–Crippen LogP) is 14.4. The highest BCUT2D eigenvalue weighted by atomic mass is 32.1. The Balaban J connectivity index is 1.08. The van der Waals surface area contributed by atoms with Crippen LogP contribution in [0.1, 0.15) is 0 Å². The van der Waals surface area contributed by atoms with Gasteiger partial charge < -0.3 is 9.32 Å². The van der Waals surface area contributed by atoms with Crippen LogP contribution >= 0.6 is 11.3 Å². The highest BCUT2D eigenvalue weighted by Gasteiger charge is 2.21. The smallest absolute Gasteiger partial charge is 0.161 e. The van der Waals surface area contributed by atoms with Crippen LogP contribution in [0.5, 0.6) is 0 Å². The topological polar surface area (TPSA) is 42.2 Å². The summed E-state index contributed by atoms with van der Waals surface area (Å²) < 4.78 is 8.96. The Morgan fingerprint density at radius 1 is 0.436 bits per heavy atom. The van der Waals surface area contributed by atoms with Crippen molar-refractivity contribution in [1.82, 2.24) is 9.97 Å². The first kappa shape index (κ1) is 31.4. The number of rotatable bonds is 6. The number of furan rings is 1. The zero-order valence-electron chi connectivity index (χ0n) is 29.6. The van der Waals surface area contributed by atoms with Gasteiger partial charge in [0, 0.05) is 54.4 Å².